The number of methoxy groups -OCH3 is 1. The van der Waals surface area contributed by atoms with Crippen molar-refractivity contribution in [2.45, 2.75) is 6.61 Å². The topological polar surface area (TPSA) is 97.4 Å². The Labute approximate surface area is 260 Å². The van der Waals surface area contributed by atoms with Crippen molar-refractivity contribution in [1.29, 1.82) is 0 Å². The maximum Gasteiger partial charge on any atom is 0.294 e. The molecule has 2 aliphatic heterocycles. The molecule has 42 heavy (non-hydrogen) atoms. The Morgan fingerprint density at radius 3 is 2.62 bits per heavy atom. The largest absolute Gasteiger partial charge is 0.493 e. The van der Waals surface area contributed by atoms with E-state index in [1.807, 2.05) is 18.2 Å². The molecule has 0 atom stereocenters. The van der Waals surface area contributed by atoms with Crippen LogP contribution < -0.4 is 19.7 Å². The average molecular weight is 704 g/mol. The number of morpholine rings is 1. The quantitative estimate of drug-likeness (QED) is 0.230. The van der Waals surface area contributed by atoms with Gasteiger partial charge in [-0.15, -0.1) is 0 Å². The van der Waals surface area contributed by atoms with E-state index in [1.165, 1.54) is 13.2 Å². The monoisotopic (exact) mass is 703 g/mol. The minimum Gasteiger partial charge on any atom is -0.493 e. The number of benzene rings is 3. The predicted molar refractivity (Wildman–Crippen MR) is 167 cm³/mol. The van der Waals surface area contributed by atoms with Crippen LogP contribution in [0.2, 0.25) is 0 Å². The van der Waals surface area contributed by atoms with E-state index in [1.54, 1.807) is 42.5 Å². The van der Waals surface area contributed by atoms with Crippen LogP contribution in [0, 0.1) is 9.39 Å². The lowest BCUT2D eigenvalue weighted by atomic mass is 10.1. The first-order valence-electron chi connectivity index (χ1n) is 13.0. The first-order chi connectivity index (χ1) is 20.3. The van der Waals surface area contributed by atoms with Crippen LogP contribution in [0.1, 0.15) is 11.1 Å². The van der Waals surface area contributed by atoms with Crippen LogP contribution in [0.25, 0.3) is 6.08 Å². The summed E-state index contributed by atoms with van der Waals surface area (Å²) in [5, 5.41) is 2.31. The summed E-state index contributed by atoms with van der Waals surface area (Å²) in [6.07, 6.45) is 1.57. The highest BCUT2D eigenvalue weighted by Gasteiger charge is 2.36. The van der Waals surface area contributed by atoms with Gasteiger partial charge in [0.2, 0.25) is 5.91 Å². The molecular formula is C30H27FIN3O6S. The molecule has 2 fully saturated rings. The van der Waals surface area contributed by atoms with Gasteiger partial charge in [-0.05, 0) is 76.3 Å². The smallest absolute Gasteiger partial charge is 0.294 e. The maximum atomic E-state index is 14.0. The Bertz CT molecular complexity index is 1550. The highest BCUT2D eigenvalue weighted by atomic mass is 127. The number of imide groups is 1. The molecule has 0 unspecified atom stereocenters. The molecule has 218 valence electrons. The Morgan fingerprint density at radius 2 is 1.86 bits per heavy atom. The van der Waals surface area contributed by atoms with Gasteiger partial charge in [0.25, 0.3) is 11.1 Å². The second-order valence-electron chi connectivity index (χ2n) is 9.35. The third-order valence-corrected chi connectivity index (χ3v) is 8.29. The second kappa shape index (κ2) is 13.6. The van der Waals surface area contributed by atoms with E-state index >= 15 is 0 Å². The first kappa shape index (κ1) is 29.9. The summed E-state index contributed by atoms with van der Waals surface area (Å²) in [7, 11) is 1.48. The van der Waals surface area contributed by atoms with Crippen LogP contribution >= 0.6 is 34.4 Å². The van der Waals surface area contributed by atoms with Crippen molar-refractivity contribution in [1.82, 2.24) is 4.90 Å². The van der Waals surface area contributed by atoms with Crippen LogP contribution in [0.5, 0.6) is 11.5 Å². The number of thioether (sulfide) groups is 1. The fourth-order valence-electron chi connectivity index (χ4n) is 4.51. The lowest BCUT2D eigenvalue weighted by molar-refractivity contribution is -0.127. The SMILES string of the molecule is COc1cc(/C=C2/SC(=O)N(CC(=O)Nc3ccccc3N3CCOCC3)C2=O)cc(I)c1OCc1ccccc1F. The van der Waals surface area contributed by atoms with E-state index in [-0.39, 0.29) is 17.3 Å². The highest BCUT2D eigenvalue weighted by molar-refractivity contribution is 14.1. The molecule has 3 amide bonds. The summed E-state index contributed by atoms with van der Waals surface area (Å²) in [5.41, 5.74) is 2.46. The van der Waals surface area contributed by atoms with Crippen LogP contribution in [0.3, 0.4) is 0 Å². The fraction of sp³-hybridized carbons (Fsp3) is 0.233. The molecule has 0 aliphatic carbocycles. The summed E-state index contributed by atoms with van der Waals surface area (Å²) < 4.78 is 31.5. The van der Waals surface area contributed by atoms with Gasteiger partial charge in [-0.25, -0.2) is 4.39 Å². The van der Waals surface area contributed by atoms with Gasteiger partial charge in [0.1, 0.15) is 19.0 Å². The van der Waals surface area contributed by atoms with Crippen molar-refractivity contribution in [2.24, 2.45) is 0 Å². The van der Waals surface area contributed by atoms with Crippen LogP contribution in [0.4, 0.5) is 20.6 Å². The normalized spacial score (nSPS) is 16.2. The summed E-state index contributed by atoms with van der Waals surface area (Å²) in [5.74, 6) is -0.584. The molecule has 0 aromatic heterocycles. The molecule has 0 spiro atoms. The number of nitrogens with zero attached hydrogens (tertiary/aromatic N) is 2. The fourth-order valence-corrected chi connectivity index (χ4v) is 6.13. The number of halogens is 2. The lowest BCUT2D eigenvalue weighted by Crippen LogP contribution is -2.38. The summed E-state index contributed by atoms with van der Waals surface area (Å²) >= 11 is 2.83. The summed E-state index contributed by atoms with van der Waals surface area (Å²) in [4.78, 5) is 42.0. The molecule has 12 heteroatoms. The Kier molecular flexibility index (Phi) is 9.65. The molecule has 2 saturated heterocycles. The van der Waals surface area contributed by atoms with E-state index in [9.17, 15) is 18.8 Å². The van der Waals surface area contributed by atoms with Gasteiger partial charge in [-0.1, -0.05) is 30.3 Å². The number of hydrogen-bond acceptors (Lipinski definition) is 8. The van der Waals surface area contributed by atoms with Crippen LogP contribution in [-0.2, 0) is 20.9 Å². The zero-order chi connectivity index (χ0) is 29.6. The molecule has 0 saturated carbocycles. The Hall–Kier alpha value is -3.62. The predicted octanol–water partition coefficient (Wildman–Crippen LogP) is 5.53. The number of para-hydroxylation sites is 2. The molecule has 9 nitrogen and oxygen atoms in total. The average Bonchev–Trinajstić information content (AvgIpc) is 3.25. The maximum absolute atomic E-state index is 14.0. The zero-order valence-electron chi connectivity index (χ0n) is 22.6. The van der Waals surface area contributed by atoms with Crippen molar-refractivity contribution in [2.75, 3.05) is 50.2 Å². The van der Waals surface area contributed by atoms with Gasteiger partial charge in [-0.3, -0.25) is 19.3 Å². The minimum atomic E-state index is -0.560. The van der Waals surface area contributed by atoms with Crippen molar-refractivity contribution >= 4 is 68.9 Å². The van der Waals surface area contributed by atoms with Crippen molar-refractivity contribution in [3.05, 3.63) is 86.1 Å². The van der Waals surface area contributed by atoms with Crippen molar-refractivity contribution in [3.63, 3.8) is 0 Å². The van der Waals surface area contributed by atoms with Gasteiger partial charge in [0.15, 0.2) is 11.5 Å². The highest BCUT2D eigenvalue weighted by Crippen LogP contribution is 2.38. The third kappa shape index (κ3) is 6.88. The van der Waals surface area contributed by atoms with Gasteiger partial charge in [0, 0.05) is 18.7 Å². The van der Waals surface area contributed by atoms with Gasteiger partial charge < -0.3 is 24.4 Å². The standard InChI is InChI=1S/C30H27FIN3O6S/c1-39-25-15-19(14-22(32)28(25)41-18-20-6-2-3-7-21(20)31)16-26-29(37)35(30(38)42-26)17-27(36)33-23-8-4-5-9-24(23)34-10-12-40-13-11-34/h2-9,14-16H,10-13,17-18H2,1H3,(H,33,36)/b26-16+. The molecule has 2 heterocycles. The number of hydrogen-bond donors (Lipinski definition) is 1. The van der Waals surface area contributed by atoms with Gasteiger partial charge >= 0.3 is 0 Å². The third-order valence-electron chi connectivity index (χ3n) is 6.58. The molecule has 3 aromatic carbocycles. The van der Waals surface area contributed by atoms with Gasteiger partial charge in [0.05, 0.1) is 40.2 Å². The molecule has 3 aromatic rings. The molecule has 2 aliphatic rings. The molecule has 0 bridgehead atoms. The second-order valence-corrected chi connectivity index (χ2v) is 11.5. The van der Waals surface area contributed by atoms with E-state index in [0.717, 1.165) is 22.3 Å². The molecule has 5 rings (SSSR count). The number of carbonyl (C=O) groups excluding carboxylic acids is 3. The van der Waals surface area contributed by atoms with Crippen molar-refractivity contribution in [3.8, 4) is 11.5 Å². The Balaban J connectivity index is 1.27. The van der Waals surface area contributed by atoms with Crippen LogP contribution in [-0.4, -0.2) is 61.9 Å². The lowest BCUT2D eigenvalue weighted by Gasteiger charge is -2.30. The van der Waals surface area contributed by atoms with E-state index in [0.29, 0.717) is 58.2 Å². The summed E-state index contributed by atoms with van der Waals surface area (Å²) in [6.45, 7) is 2.19. The number of amides is 3. The van der Waals surface area contributed by atoms with Crippen molar-refractivity contribution < 1.29 is 33.0 Å². The number of ether oxygens (including phenoxy) is 3. The van der Waals surface area contributed by atoms with E-state index in [4.69, 9.17) is 14.2 Å². The number of nitrogens with one attached hydrogen (secondary N) is 1. The summed E-state index contributed by atoms with van der Waals surface area (Å²) in [6, 6.07) is 17.2. The van der Waals surface area contributed by atoms with Gasteiger partial charge in [-0.2, -0.15) is 0 Å². The van der Waals surface area contributed by atoms with Crippen LogP contribution in [0.15, 0.2) is 65.6 Å². The number of rotatable bonds is 9. The zero-order valence-corrected chi connectivity index (χ0v) is 25.6. The number of anilines is 2. The van der Waals surface area contributed by atoms with E-state index in [2.05, 4.69) is 32.8 Å². The Morgan fingerprint density at radius 1 is 1.12 bits per heavy atom. The molecule has 0 radical (unpaired) electrons. The first-order valence-corrected chi connectivity index (χ1v) is 14.9. The molecule has 1 N–H and O–H groups in total. The molecular weight excluding hydrogens is 676 g/mol. The number of carbonyl (C=O) groups is 3. The minimum absolute atomic E-state index is 0.0102. The van der Waals surface area contributed by atoms with E-state index < -0.39 is 23.6 Å².